The Morgan fingerprint density at radius 1 is 0.783 bits per heavy atom. The summed E-state index contributed by atoms with van der Waals surface area (Å²) in [4.78, 5) is 2.49. The van der Waals surface area contributed by atoms with Crippen LogP contribution in [-0.4, -0.2) is 19.5 Å². The smallest absolute Gasteiger partial charge is 0.129 e. The molecular weight excluding hydrogens is 294 g/mol. The summed E-state index contributed by atoms with van der Waals surface area (Å²) in [5.41, 5.74) is 6.19. The van der Waals surface area contributed by atoms with Gasteiger partial charge in [0.1, 0.15) is 8.07 Å². The molecule has 0 saturated heterocycles. The molecule has 0 fully saturated rings. The third kappa shape index (κ3) is 7.32. The standard InChI is InChI=1S/C21H27NSi/c1-23(2,3)17-11-10-16-22(18-20-12-6-4-7-13-20)19-21-14-8-5-9-15-21/h4-9,12-15H,10,16,18-19H2,1-3H3. The SMILES string of the molecule is C[Si](C)(C)C#CCCN(Cc1ccccc1)Cc1ccccc1. The lowest BCUT2D eigenvalue weighted by Gasteiger charge is -2.21. The fourth-order valence-electron chi connectivity index (χ4n) is 2.44. The van der Waals surface area contributed by atoms with Crippen molar-refractivity contribution >= 4 is 8.07 Å². The van der Waals surface area contributed by atoms with E-state index in [-0.39, 0.29) is 0 Å². The van der Waals surface area contributed by atoms with Crippen LogP contribution in [0.5, 0.6) is 0 Å². The first-order valence-electron chi connectivity index (χ1n) is 8.33. The number of rotatable bonds is 6. The van der Waals surface area contributed by atoms with E-state index in [2.05, 4.69) is 96.7 Å². The molecule has 120 valence electrons. The highest BCUT2D eigenvalue weighted by Gasteiger charge is 2.08. The molecule has 0 aliphatic heterocycles. The number of hydrogen-bond acceptors (Lipinski definition) is 1. The number of benzene rings is 2. The Labute approximate surface area is 142 Å². The Hall–Kier alpha value is -1.82. The van der Waals surface area contributed by atoms with E-state index < -0.39 is 8.07 Å². The zero-order valence-corrected chi connectivity index (χ0v) is 15.5. The maximum absolute atomic E-state index is 3.47. The summed E-state index contributed by atoms with van der Waals surface area (Å²) in [5.74, 6) is 3.40. The van der Waals surface area contributed by atoms with Crippen LogP contribution >= 0.6 is 0 Å². The van der Waals surface area contributed by atoms with Crippen molar-refractivity contribution in [1.82, 2.24) is 4.90 Å². The van der Waals surface area contributed by atoms with Gasteiger partial charge in [-0.15, -0.1) is 11.5 Å². The van der Waals surface area contributed by atoms with Crippen molar-refractivity contribution in [2.45, 2.75) is 39.2 Å². The van der Waals surface area contributed by atoms with E-state index in [0.29, 0.717) is 0 Å². The van der Waals surface area contributed by atoms with E-state index >= 15 is 0 Å². The normalized spacial score (nSPS) is 11.1. The van der Waals surface area contributed by atoms with Crippen LogP contribution in [0, 0.1) is 11.5 Å². The van der Waals surface area contributed by atoms with Crippen LogP contribution in [0.1, 0.15) is 17.5 Å². The zero-order chi connectivity index (χ0) is 16.5. The monoisotopic (exact) mass is 321 g/mol. The van der Waals surface area contributed by atoms with Crippen LogP contribution in [0.2, 0.25) is 19.6 Å². The van der Waals surface area contributed by atoms with Crippen molar-refractivity contribution in [2.24, 2.45) is 0 Å². The van der Waals surface area contributed by atoms with E-state index in [4.69, 9.17) is 0 Å². The lowest BCUT2D eigenvalue weighted by atomic mass is 10.1. The van der Waals surface area contributed by atoms with Crippen LogP contribution in [0.15, 0.2) is 60.7 Å². The van der Waals surface area contributed by atoms with Gasteiger partial charge < -0.3 is 0 Å². The Bertz CT molecular complexity index is 591. The van der Waals surface area contributed by atoms with Gasteiger partial charge in [-0.3, -0.25) is 4.90 Å². The molecule has 0 radical (unpaired) electrons. The average molecular weight is 322 g/mol. The maximum Gasteiger partial charge on any atom is 0.129 e. The van der Waals surface area contributed by atoms with Crippen molar-refractivity contribution in [2.75, 3.05) is 6.54 Å². The van der Waals surface area contributed by atoms with Crippen molar-refractivity contribution in [3.63, 3.8) is 0 Å². The van der Waals surface area contributed by atoms with Crippen LogP contribution in [0.4, 0.5) is 0 Å². The molecule has 0 amide bonds. The summed E-state index contributed by atoms with van der Waals surface area (Å²) in [5, 5.41) is 0. The van der Waals surface area contributed by atoms with Gasteiger partial charge in [0.2, 0.25) is 0 Å². The van der Waals surface area contributed by atoms with Gasteiger partial charge in [-0.2, -0.15) is 0 Å². The van der Waals surface area contributed by atoms with E-state index in [1.165, 1.54) is 11.1 Å². The molecule has 0 unspecified atom stereocenters. The van der Waals surface area contributed by atoms with Gasteiger partial charge in [-0.05, 0) is 11.1 Å². The van der Waals surface area contributed by atoms with Gasteiger partial charge in [-0.25, -0.2) is 0 Å². The summed E-state index contributed by atoms with van der Waals surface area (Å²) < 4.78 is 0. The van der Waals surface area contributed by atoms with E-state index in [1.54, 1.807) is 0 Å². The van der Waals surface area contributed by atoms with Gasteiger partial charge in [0.25, 0.3) is 0 Å². The fraction of sp³-hybridized carbons (Fsp3) is 0.333. The Morgan fingerprint density at radius 3 is 1.70 bits per heavy atom. The van der Waals surface area contributed by atoms with E-state index in [9.17, 15) is 0 Å². The first-order chi connectivity index (χ1) is 11.0. The second-order valence-electron chi connectivity index (χ2n) is 6.98. The molecule has 2 heteroatoms. The fourth-order valence-corrected chi connectivity index (χ4v) is 3.09. The molecule has 0 N–H and O–H groups in total. The minimum Gasteiger partial charge on any atom is -0.294 e. The molecule has 0 heterocycles. The molecule has 0 aromatic heterocycles. The largest absolute Gasteiger partial charge is 0.294 e. The molecule has 0 aliphatic rings. The van der Waals surface area contributed by atoms with Gasteiger partial charge >= 0.3 is 0 Å². The highest BCUT2D eigenvalue weighted by molar-refractivity contribution is 6.83. The molecule has 0 saturated carbocycles. The molecule has 2 aromatic rings. The summed E-state index contributed by atoms with van der Waals surface area (Å²) in [6, 6.07) is 21.4. The van der Waals surface area contributed by atoms with Crippen LogP contribution < -0.4 is 0 Å². The third-order valence-electron chi connectivity index (χ3n) is 3.51. The van der Waals surface area contributed by atoms with Crippen molar-refractivity contribution in [3.8, 4) is 11.5 Å². The minimum absolute atomic E-state index is 0.948. The second-order valence-corrected chi connectivity index (χ2v) is 11.7. The van der Waals surface area contributed by atoms with Gasteiger partial charge in [0, 0.05) is 26.1 Å². The maximum atomic E-state index is 3.47. The minimum atomic E-state index is -1.26. The lowest BCUT2D eigenvalue weighted by Crippen LogP contribution is -2.24. The van der Waals surface area contributed by atoms with Crippen LogP contribution in [0.25, 0.3) is 0 Å². The highest BCUT2D eigenvalue weighted by Crippen LogP contribution is 2.10. The molecular formula is C21H27NSi. The van der Waals surface area contributed by atoms with Crippen molar-refractivity contribution < 1.29 is 0 Å². The summed E-state index contributed by atoms with van der Waals surface area (Å²) in [7, 11) is -1.26. The van der Waals surface area contributed by atoms with Gasteiger partial charge in [0.05, 0.1) is 0 Å². The Balaban J connectivity index is 2.00. The van der Waals surface area contributed by atoms with Gasteiger partial charge in [-0.1, -0.05) is 80.3 Å². The molecule has 0 bridgehead atoms. The first kappa shape index (κ1) is 17.5. The molecule has 2 rings (SSSR count). The predicted molar refractivity (Wildman–Crippen MR) is 103 cm³/mol. The molecule has 0 aliphatic carbocycles. The molecule has 23 heavy (non-hydrogen) atoms. The number of hydrogen-bond donors (Lipinski definition) is 0. The lowest BCUT2D eigenvalue weighted by molar-refractivity contribution is 0.263. The third-order valence-corrected chi connectivity index (χ3v) is 4.44. The summed E-state index contributed by atoms with van der Waals surface area (Å²) >= 11 is 0. The Morgan fingerprint density at radius 2 is 1.26 bits per heavy atom. The first-order valence-corrected chi connectivity index (χ1v) is 11.8. The Kier molecular flexibility index (Phi) is 6.64. The van der Waals surface area contributed by atoms with Crippen LogP contribution in [0.3, 0.4) is 0 Å². The summed E-state index contributed by atoms with van der Waals surface area (Å²) in [6.45, 7) is 9.86. The second kappa shape index (κ2) is 8.72. The van der Waals surface area contributed by atoms with E-state index in [1.807, 2.05) is 0 Å². The zero-order valence-electron chi connectivity index (χ0n) is 14.5. The average Bonchev–Trinajstić information content (AvgIpc) is 2.52. The topological polar surface area (TPSA) is 3.24 Å². The van der Waals surface area contributed by atoms with Crippen LogP contribution in [-0.2, 0) is 13.1 Å². The molecule has 0 spiro atoms. The molecule has 0 atom stereocenters. The summed E-state index contributed by atoms with van der Waals surface area (Å²) in [6.07, 6.45) is 0.948. The van der Waals surface area contributed by atoms with Crippen molar-refractivity contribution in [1.29, 1.82) is 0 Å². The molecule has 2 aromatic carbocycles. The van der Waals surface area contributed by atoms with E-state index in [0.717, 1.165) is 26.1 Å². The van der Waals surface area contributed by atoms with Crippen molar-refractivity contribution in [3.05, 3.63) is 71.8 Å². The predicted octanol–water partition coefficient (Wildman–Crippen LogP) is 4.96. The van der Waals surface area contributed by atoms with Gasteiger partial charge in [0.15, 0.2) is 0 Å². The highest BCUT2D eigenvalue weighted by atomic mass is 28.3. The molecule has 1 nitrogen and oxygen atoms in total. The number of nitrogens with zero attached hydrogens (tertiary/aromatic N) is 1. The quantitative estimate of drug-likeness (QED) is 0.537.